The third kappa shape index (κ3) is 5.30. The number of ether oxygens (including phenoxy) is 3. The van der Waals surface area contributed by atoms with Gasteiger partial charge in [0.1, 0.15) is 0 Å². The number of likely N-dealkylation sites (tertiary alicyclic amines) is 1. The van der Waals surface area contributed by atoms with Crippen molar-refractivity contribution in [3.8, 4) is 11.5 Å². The van der Waals surface area contributed by atoms with Crippen LogP contribution in [0, 0.1) is 0 Å². The predicted molar refractivity (Wildman–Crippen MR) is 94.1 cm³/mol. The summed E-state index contributed by atoms with van der Waals surface area (Å²) >= 11 is 0. The summed E-state index contributed by atoms with van der Waals surface area (Å²) in [6, 6.07) is 3.90. The predicted octanol–water partition coefficient (Wildman–Crippen LogP) is 3.63. The molecule has 1 aromatic rings. The van der Waals surface area contributed by atoms with E-state index < -0.39 is 18.7 Å². The number of methoxy groups -OCH3 is 1. The topological polar surface area (TPSA) is 65.1 Å². The fraction of sp³-hybridized carbons (Fsp3) is 0.579. The lowest BCUT2D eigenvalue weighted by Gasteiger charge is -2.36. The van der Waals surface area contributed by atoms with Gasteiger partial charge in [0.25, 0.3) is 5.91 Å². The van der Waals surface area contributed by atoms with E-state index in [4.69, 9.17) is 9.47 Å². The van der Waals surface area contributed by atoms with Crippen LogP contribution in [0.1, 0.15) is 49.9 Å². The Morgan fingerprint density at radius 3 is 2.63 bits per heavy atom. The van der Waals surface area contributed by atoms with Crippen molar-refractivity contribution in [2.24, 2.45) is 0 Å². The smallest absolute Gasteiger partial charge is 0.387 e. The number of alkyl halides is 2. The zero-order valence-corrected chi connectivity index (χ0v) is 15.7. The van der Waals surface area contributed by atoms with E-state index in [-0.39, 0.29) is 29.0 Å². The number of carbonyl (C=O) groups excluding carboxylic acids is 2. The first-order chi connectivity index (χ1) is 12.9. The van der Waals surface area contributed by atoms with E-state index in [1.54, 1.807) is 4.90 Å². The summed E-state index contributed by atoms with van der Waals surface area (Å²) < 4.78 is 39.4. The second-order valence-electron chi connectivity index (χ2n) is 6.38. The minimum atomic E-state index is -3.01. The van der Waals surface area contributed by atoms with Gasteiger partial charge in [-0.05, 0) is 50.8 Å². The highest BCUT2D eigenvalue weighted by atomic mass is 19.3. The molecule has 0 aromatic heterocycles. The molecule has 0 aliphatic carbocycles. The van der Waals surface area contributed by atoms with Crippen molar-refractivity contribution in [1.29, 1.82) is 0 Å². The number of hydrogen-bond acceptors (Lipinski definition) is 5. The third-order valence-electron chi connectivity index (χ3n) is 4.63. The molecule has 1 fully saturated rings. The number of esters is 1. The normalized spacial score (nSPS) is 18.1. The maximum Gasteiger partial charge on any atom is 0.387 e. The average Bonchev–Trinajstić information content (AvgIpc) is 2.66. The van der Waals surface area contributed by atoms with Crippen LogP contribution in [0.5, 0.6) is 11.5 Å². The summed E-state index contributed by atoms with van der Waals surface area (Å²) in [7, 11) is 1.27. The molecule has 1 saturated heterocycles. The number of carbonyl (C=O) groups is 2. The van der Waals surface area contributed by atoms with Gasteiger partial charge >= 0.3 is 12.6 Å². The van der Waals surface area contributed by atoms with Crippen LogP contribution in [0.2, 0.25) is 0 Å². The van der Waals surface area contributed by atoms with Crippen LogP contribution in [-0.2, 0) is 9.53 Å². The summed E-state index contributed by atoms with van der Waals surface area (Å²) in [5, 5.41) is 0. The molecule has 6 nitrogen and oxygen atoms in total. The Balaban J connectivity index is 2.06. The summed E-state index contributed by atoms with van der Waals surface area (Å²) in [5.74, 6) is -1.17. The van der Waals surface area contributed by atoms with Gasteiger partial charge < -0.3 is 19.1 Å². The molecule has 1 aliphatic heterocycles. The maximum atomic E-state index is 12.7. The quantitative estimate of drug-likeness (QED) is 0.671. The third-order valence-corrected chi connectivity index (χ3v) is 4.63. The number of amides is 1. The summed E-state index contributed by atoms with van der Waals surface area (Å²) in [6.07, 6.45) is 2.89. The second-order valence-corrected chi connectivity index (χ2v) is 6.38. The van der Waals surface area contributed by atoms with Gasteiger partial charge in [-0.3, -0.25) is 4.79 Å². The standard InChI is InChI=1S/C19H25F2NO5/c1-4-14-7-5-6-10-22(14)17(23)12(2)26-18(24)13-8-9-15(27-19(20)21)16(11-13)25-3/h8-9,11-12,14,19H,4-7,10H2,1-3H3. The highest BCUT2D eigenvalue weighted by Gasteiger charge is 2.30. The van der Waals surface area contributed by atoms with Crippen molar-refractivity contribution >= 4 is 11.9 Å². The second kappa shape index (κ2) is 9.53. The van der Waals surface area contributed by atoms with E-state index in [1.165, 1.54) is 32.2 Å². The fourth-order valence-corrected chi connectivity index (χ4v) is 3.22. The van der Waals surface area contributed by atoms with Crippen molar-refractivity contribution in [2.75, 3.05) is 13.7 Å². The minimum Gasteiger partial charge on any atom is -0.493 e. The van der Waals surface area contributed by atoms with E-state index in [9.17, 15) is 18.4 Å². The molecular weight excluding hydrogens is 360 g/mol. The molecule has 2 atom stereocenters. The van der Waals surface area contributed by atoms with Gasteiger partial charge in [0.05, 0.1) is 12.7 Å². The highest BCUT2D eigenvalue weighted by molar-refractivity contribution is 5.93. The first kappa shape index (κ1) is 20.9. The molecular formula is C19H25F2NO5. The summed E-state index contributed by atoms with van der Waals surface area (Å²) in [6.45, 7) is 1.22. The van der Waals surface area contributed by atoms with Crippen LogP contribution in [0.4, 0.5) is 8.78 Å². The molecule has 1 aromatic carbocycles. The molecule has 0 radical (unpaired) electrons. The van der Waals surface area contributed by atoms with Gasteiger partial charge in [-0.1, -0.05) is 6.92 Å². The van der Waals surface area contributed by atoms with Crippen molar-refractivity contribution < 1.29 is 32.6 Å². The van der Waals surface area contributed by atoms with Crippen LogP contribution in [-0.4, -0.2) is 49.2 Å². The maximum absolute atomic E-state index is 12.7. The zero-order chi connectivity index (χ0) is 20.0. The fourth-order valence-electron chi connectivity index (χ4n) is 3.22. The Labute approximate surface area is 157 Å². The number of nitrogens with zero attached hydrogens (tertiary/aromatic N) is 1. The number of hydrogen-bond donors (Lipinski definition) is 0. The number of halogens is 2. The van der Waals surface area contributed by atoms with Gasteiger partial charge in [0, 0.05) is 12.6 Å². The Morgan fingerprint density at radius 1 is 1.26 bits per heavy atom. The Hall–Kier alpha value is -2.38. The van der Waals surface area contributed by atoms with Crippen molar-refractivity contribution in [3.05, 3.63) is 23.8 Å². The van der Waals surface area contributed by atoms with E-state index in [2.05, 4.69) is 4.74 Å². The number of rotatable bonds is 7. The minimum absolute atomic E-state index is 0.0224. The molecule has 0 saturated carbocycles. The first-order valence-electron chi connectivity index (χ1n) is 9.01. The number of benzene rings is 1. The summed E-state index contributed by atoms with van der Waals surface area (Å²) in [4.78, 5) is 26.8. The SMILES string of the molecule is CCC1CCCCN1C(=O)C(C)OC(=O)c1ccc(OC(F)F)c(OC)c1. The molecule has 1 aliphatic rings. The Bertz CT molecular complexity index is 668. The van der Waals surface area contributed by atoms with Crippen LogP contribution in [0.3, 0.4) is 0 Å². The Kier molecular flexibility index (Phi) is 7.38. The van der Waals surface area contributed by atoms with Gasteiger partial charge in [-0.2, -0.15) is 8.78 Å². The largest absolute Gasteiger partial charge is 0.493 e. The number of piperidine rings is 1. The van der Waals surface area contributed by atoms with Gasteiger partial charge in [0.2, 0.25) is 0 Å². The molecule has 8 heteroatoms. The summed E-state index contributed by atoms with van der Waals surface area (Å²) in [5.41, 5.74) is 0.0822. The molecule has 150 valence electrons. The van der Waals surface area contributed by atoms with E-state index in [0.29, 0.717) is 6.54 Å². The average molecular weight is 385 g/mol. The zero-order valence-electron chi connectivity index (χ0n) is 15.7. The van der Waals surface area contributed by atoms with Crippen molar-refractivity contribution in [2.45, 2.75) is 58.3 Å². The van der Waals surface area contributed by atoms with Gasteiger partial charge in [0.15, 0.2) is 17.6 Å². The van der Waals surface area contributed by atoms with Crippen LogP contribution < -0.4 is 9.47 Å². The lowest BCUT2D eigenvalue weighted by molar-refractivity contribution is -0.143. The molecule has 27 heavy (non-hydrogen) atoms. The molecule has 0 N–H and O–H groups in total. The van der Waals surface area contributed by atoms with Crippen molar-refractivity contribution in [3.63, 3.8) is 0 Å². The molecule has 1 amide bonds. The van der Waals surface area contributed by atoms with Crippen molar-refractivity contribution in [1.82, 2.24) is 4.90 Å². The molecule has 2 unspecified atom stereocenters. The highest BCUT2D eigenvalue weighted by Crippen LogP contribution is 2.30. The lowest BCUT2D eigenvalue weighted by Crippen LogP contribution is -2.48. The van der Waals surface area contributed by atoms with Crippen LogP contribution in [0.25, 0.3) is 0 Å². The first-order valence-corrected chi connectivity index (χ1v) is 9.01. The van der Waals surface area contributed by atoms with E-state index >= 15 is 0 Å². The molecule has 2 rings (SSSR count). The Morgan fingerprint density at radius 2 is 2.00 bits per heavy atom. The van der Waals surface area contributed by atoms with Gasteiger partial charge in [-0.15, -0.1) is 0 Å². The van der Waals surface area contributed by atoms with Crippen LogP contribution in [0.15, 0.2) is 18.2 Å². The lowest BCUT2D eigenvalue weighted by atomic mass is 9.99. The monoisotopic (exact) mass is 385 g/mol. The molecule has 0 bridgehead atoms. The molecule has 0 spiro atoms. The van der Waals surface area contributed by atoms with Gasteiger partial charge in [-0.25, -0.2) is 4.79 Å². The van der Waals surface area contributed by atoms with E-state index in [1.807, 2.05) is 6.92 Å². The van der Waals surface area contributed by atoms with E-state index in [0.717, 1.165) is 25.7 Å². The molecule has 1 heterocycles. The van der Waals surface area contributed by atoms with Crippen LogP contribution >= 0.6 is 0 Å².